The van der Waals surface area contributed by atoms with Crippen molar-refractivity contribution in [1.29, 1.82) is 0 Å². The molecule has 0 atom stereocenters. The molecule has 0 aromatic heterocycles. The van der Waals surface area contributed by atoms with E-state index in [1.807, 2.05) is 0 Å². The molecule has 0 aliphatic carbocycles. The second-order valence-electron chi connectivity index (χ2n) is 6.20. The van der Waals surface area contributed by atoms with Crippen LogP contribution in [0.4, 0.5) is 0 Å². The van der Waals surface area contributed by atoms with Crippen molar-refractivity contribution in [2.45, 2.75) is 52.5 Å². The summed E-state index contributed by atoms with van der Waals surface area (Å²) in [5.41, 5.74) is 0. The van der Waals surface area contributed by atoms with Gasteiger partial charge in [0, 0.05) is 19.0 Å². The van der Waals surface area contributed by atoms with E-state index < -0.39 is 0 Å². The van der Waals surface area contributed by atoms with Crippen LogP contribution in [0.25, 0.3) is 0 Å². The molecule has 3 nitrogen and oxygen atoms in total. The van der Waals surface area contributed by atoms with Crippen LogP contribution in [0.5, 0.6) is 0 Å². The third kappa shape index (κ3) is 5.96. The molecule has 1 rings (SSSR count). The van der Waals surface area contributed by atoms with Crippen LogP contribution in [0.15, 0.2) is 0 Å². The van der Waals surface area contributed by atoms with E-state index in [0.29, 0.717) is 18.2 Å². The Balaban J connectivity index is 2.44. The predicted molar refractivity (Wildman–Crippen MR) is 76.8 cm³/mol. The Morgan fingerprint density at radius 2 is 1.89 bits per heavy atom. The van der Waals surface area contributed by atoms with Gasteiger partial charge in [-0.25, -0.2) is 0 Å². The highest BCUT2D eigenvalue weighted by Crippen LogP contribution is 2.17. The molecule has 0 aromatic carbocycles. The summed E-state index contributed by atoms with van der Waals surface area (Å²) in [4.78, 5) is 16.2. The van der Waals surface area contributed by atoms with Gasteiger partial charge in [0.05, 0.1) is 0 Å². The SMILES string of the molecule is CC(=O)CCN(CCC(C)C)C1CCN(C)CC1. The van der Waals surface area contributed by atoms with Crippen LogP contribution < -0.4 is 0 Å². The number of piperidine rings is 1. The van der Waals surface area contributed by atoms with Crippen LogP contribution in [0, 0.1) is 5.92 Å². The molecular formula is C15H30N2O. The first-order valence-electron chi connectivity index (χ1n) is 7.41. The van der Waals surface area contributed by atoms with Gasteiger partial charge in [-0.05, 0) is 58.8 Å². The standard InChI is InChI=1S/C15H30N2O/c1-13(2)5-11-17(12-6-14(3)18)15-7-9-16(4)10-8-15/h13,15H,5-12H2,1-4H3. The minimum atomic E-state index is 0.317. The molecule has 3 heteroatoms. The zero-order valence-electron chi connectivity index (χ0n) is 12.6. The van der Waals surface area contributed by atoms with Crippen molar-refractivity contribution in [2.75, 3.05) is 33.2 Å². The molecule has 18 heavy (non-hydrogen) atoms. The predicted octanol–water partition coefficient (Wildman–Crippen LogP) is 2.41. The number of Topliss-reactive ketones (excluding diaryl/α,β-unsaturated/α-hetero) is 1. The third-order valence-corrected chi connectivity index (χ3v) is 3.95. The average Bonchev–Trinajstić information content (AvgIpc) is 2.30. The van der Waals surface area contributed by atoms with Crippen molar-refractivity contribution in [2.24, 2.45) is 5.92 Å². The lowest BCUT2D eigenvalue weighted by Crippen LogP contribution is -2.45. The quantitative estimate of drug-likeness (QED) is 0.697. The summed E-state index contributed by atoms with van der Waals surface area (Å²) in [6.07, 6.45) is 4.47. The van der Waals surface area contributed by atoms with Crippen LogP contribution in [-0.4, -0.2) is 54.9 Å². The van der Waals surface area contributed by atoms with Crippen LogP contribution in [0.3, 0.4) is 0 Å². The fraction of sp³-hybridized carbons (Fsp3) is 0.933. The first-order valence-corrected chi connectivity index (χ1v) is 7.41. The summed E-state index contributed by atoms with van der Waals surface area (Å²) >= 11 is 0. The van der Waals surface area contributed by atoms with Gasteiger partial charge in [-0.2, -0.15) is 0 Å². The molecule has 0 N–H and O–H groups in total. The molecule has 0 unspecified atom stereocenters. The van der Waals surface area contributed by atoms with Crippen LogP contribution in [0.1, 0.15) is 46.5 Å². The van der Waals surface area contributed by atoms with Crippen molar-refractivity contribution in [3.05, 3.63) is 0 Å². The maximum Gasteiger partial charge on any atom is 0.131 e. The molecule has 0 amide bonds. The Morgan fingerprint density at radius 1 is 1.28 bits per heavy atom. The number of nitrogens with zero attached hydrogens (tertiary/aromatic N) is 2. The molecule has 1 saturated heterocycles. The van der Waals surface area contributed by atoms with Gasteiger partial charge in [-0.15, -0.1) is 0 Å². The smallest absolute Gasteiger partial charge is 0.131 e. The van der Waals surface area contributed by atoms with Gasteiger partial charge in [0.15, 0.2) is 0 Å². The Hall–Kier alpha value is -0.410. The summed E-state index contributed by atoms with van der Waals surface area (Å²) < 4.78 is 0. The fourth-order valence-electron chi connectivity index (χ4n) is 2.56. The number of carbonyl (C=O) groups excluding carboxylic acids is 1. The number of likely N-dealkylation sites (tertiary alicyclic amines) is 1. The normalized spacial score (nSPS) is 18.8. The molecule has 1 fully saturated rings. The molecule has 0 bridgehead atoms. The molecule has 1 aliphatic heterocycles. The average molecular weight is 254 g/mol. The molecule has 0 saturated carbocycles. The van der Waals surface area contributed by atoms with Gasteiger partial charge in [-0.1, -0.05) is 13.8 Å². The summed E-state index contributed by atoms with van der Waals surface area (Å²) in [6.45, 7) is 10.8. The van der Waals surface area contributed by atoms with Gasteiger partial charge in [0.2, 0.25) is 0 Å². The third-order valence-electron chi connectivity index (χ3n) is 3.95. The highest BCUT2D eigenvalue weighted by molar-refractivity contribution is 5.75. The minimum absolute atomic E-state index is 0.317. The summed E-state index contributed by atoms with van der Waals surface area (Å²) in [5, 5.41) is 0. The van der Waals surface area contributed by atoms with E-state index in [-0.39, 0.29) is 0 Å². The number of hydrogen-bond donors (Lipinski definition) is 0. The lowest BCUT2D eigenvalue weighted by molar-refractivity contribution is -0.117. The Morgan fingerprint density at radius 3 is 2.39 bits per heavy atom. The molecule has 0 radical (unpaired) electrons. The van der Waals surface area contributed by atoms with Crippen molar-refractivity contribution < 1.29 is 4.79 Å². The van der Waals surface area contributed by atoms with E-state index in [1.165, 1.54) is 32.4 Å². The molecule has 0 aromatic rings. The topological polar surface area (TPSA) is 23.6 Å². The van der Waals surface area contributed by atoms with Crippen LogP contribution >= 0.6 is 0 Å². The summed E-state index contributed by atoms with van der Waals surface area (Å²) in [5.74, 6) is 1.06. The zero-order valence-corrected chi connectivity index (χ0v) is 12.6. The van der Waals surface area contributed by atoms with E-state index in [0.717, 1.165) is 19.0 Å². The van der Waals surface area contributed by atoms with Crippen molar-refractivity contribution in [3.8, 4) is 0 Å². The van der Waals surface area contributed by atoms with Gasteiger partial charge < -0.3 is 4.90 Å². The summed E-state index contributed by atoms with van der Waals surface area (Å²) in [6, 6.07) is 0.694. The lowest BCUT2D eigenvalue weighted by Gasteiger charge is -2.37. The van der Waals surface area contributed by atoms with Gasteiger partial charge in [-0.3, -0.25) is 9.69 Å². The van der Waals surface area contributed by atoms with Crippen molar-refractivity contribution in [3.63, 3.8) is 0 Å². The maximum absolute atomic E-state index is 11.2. The van der Waals surface area contributed by atoms with Crippen LogP contribution in [0.2, 0.25) is 0 Å². The molecule has 1 aliphatic rings. The molecular weight excluding hydrogens is 224 g/mol. The van der Waals surface area contributed by atoms with Gasteiger partial charge >= 0.3 is 0 Å². The van der Waals surface area contributed by atoms with Crippen LogP contribution in [-0.2, 0) is 4.79 Å². The highest BCUT2D eigenvalue weighted by Gasteiger charge is 2.23. The second-order valence-corrected chi connectivity index (χ2v) is 6.20. The van der Waals surface area contributed by atoms with Crippen molar-refractivity contribution in [1.82, 2.24) is 9.80 Å². The van der Waals surface area contributed by atoms with Crippen molar-refractivity contribution >= 4 is 5.78 Å². The molecule has 0 spiro atoms. The van der Waals surface area contributed by atoms with E-state index >= 15 is 0 Å². The van der Waals surface area contributed by atoms with E-state index in [2.05, 4.69) is 30.7 Å². The van der Waals surface area contributed by atoms with Gasteiger partial charge in [0.25, 0.3) is 0 Å². The van der Waals surface area contributed by atoms with Gasteiger partial charge in [0.1, 0.15) is 5.78 Å². The first-order chi connectivity index (χ1) is 8.49. The lowest BCUT2D eigenvalue weighted by atomic mass is 10.0. The Kier molecular flexibility index (Phi) is 6.87. The second kappa shape index (κ2) is 7.90. The summed E-state index contributed by atoms with van der Waals surface area (Å²) in [7, 11) is 2.20. The number of rotatable bonds is 7. The number of carbonyl (C=O) groups is 1. The Labute approximate surface area is 113 Å². The van der Waals surface area contributed by atoms with E-state index in [4.69, 9.17) is 0 Å². The molecule has 106 valence electrons. The molecule has 1 heterocycles. The number of hydrogen-bond acceptors (Lipinski definition) is 3. The maximum atomic E-state index is 11.2. The Bertz CT molecular complexity index is 245. The van der Waals surface area contributed by atoms with E-state index in [9.17, 15) is 4.79 Å². The van der Waals surface area contributed by atoms with E-state index in [1.54, 1.807) is 6.92 Å². The highest BCUT2D eigenvalue weighted by atomic mass is 16.1. The minimum Gasteiger partial charge on any atom is -0.306 e. The monoisotopic (exact) mass is 254 g/mol. The fourth-order valence-corrected chi connectivity index (χ4v) is 2.56. The number of ketones is 1. The zero-order chi connectivity index (χ0) is 13.5. The first kappa shape index (κ1) is 15.6. The largest absolute Gasteiger partial charge is 0.306 e.